The number of hydrogen-bond donors (Lipinski definition) is 7. The van der Waals surface area contributed by atoms with E-state index in [1.807, 2.05) is 0 Å². The van der Waals surface area contributed by atoms with Crippen molar-refractivity contribution in [2.24, 2.45) is 5.92 Å². The fourth-order valence-corrected chi connectivity index (χ4v) is 5.53. The minimum absolute atomic E-state index is 0.0318. The number of phenolic OH excluding ortho intramolecular Hbond substituents is 4. The van der Waals surface area contributed by atoms with Gasteiger partial charge in [0.05, 0.1) is 48.7 Å². The summed E-state index contributed by atoms with van der Waals surface area (Å²) >= 11 is 0. The van der Waals surface area contributed by atoms with Crippen LogP contribution in [0.2, 0.25) is 0 Å². The van der Waals surface area contributed by atoms with Crippen LogP contribution < -0.4 is 19.7 Å². The van der Waals surface area contributed by atoms with Crippen LogP contribution in [0.5, 0.6) is 34.5 Å². The molecular weight excluding hydrogens is 628 g/mol. The first-order valence-corrected chi connectivity index (χ1v) is 14.1. The Kier molecular flexibility index (Phi) is 8.83. The van der Waals surface area contributed by atoms with Gasteiger partial charge in [0.25, 0.3) is 5.91 Å². The molecule has 0 saturated carbocycles. The molecule has 4 aromatic rings. The maximum Gasteiger partial charge on any atom is 0.337 e. The quantitative estimate of drug-likeness (QED) is 0.0987. The maximum absolute atomic E-state index is 14.5. The summed E-state index contributed by atoms with van der Waals surface area (Å²) < 4.78 is 10.5. The van der Waals surface area contributed by atoms with E-state index in [0.29, 0.717) is 5.56 Å². The van der Waals surface area contributed by atoms with Gasteiger partial charge >= 0.3 is 11.9 Å². The largest absolute Gasteiger partial charge is 0.508 e. The average molecular weight is 657 g/mol. The summed E-state index contributed by atoms with van der Waals surface area (Å²) in [5.41, 5.74) is -1.00. The first-order chi connectivity index (χ1) is 22.8. The first-order valence-electron chi connectivity index (χ1n) is 14.1. The number of carbonyl (C=O) groups is 4. The van der Waals surface area contributed by atoms with Crippen molar-refractivity contribution in [3.05, 3.63) is 101 Å². The van der Waals surface area contributed by atoms with Crippen LogP contribution in [0.15, 0.2) is 78.4 Å². The molecule has 1 aliphatic heterocycles. The highest BCUT2D eigenvalue weighted by molar-refractivity contribution is 6.19. The van der Waals surface area contributed by atoms with E-state index in [1.54, 1.807) is 0 Å². The number of benzene rings is 4. The van der Waals surface area contributed by atoms with Crippen molar-refractivity contribution < 1.29 is 59.3 Å². The number of anilines is 2. The van der Waals surface area contributed by atoms with Gasteiger partial charge < -0.3 is 45.4 Å². The fourth-order valence-electron chi connectivity index (χ4n) is 5.53. The molecule has 0 radical (unpaired) electrons. The summed E-state index contributed by atoms with van der Waals surface area (Å²) in [6.45, 7) is 0. The van der Waals surface area contributed by atoms with Gasteiger partial charge in [-0.25, -0.2) is 9.59 Å². The van der Waals surface area contributed by atoms with E-state index >= 15 is 0 Å². The maximum atomic E-state index is 14.5. The molecule has 2 atom stereocenters. The summed E-state index contributed by atoms with van der Waals surface area (Å²) in [7, 11) is 2.60. The molecule has 246 valence electrons. The minimum Gasteiger partial charge on any atom is -0.508 e. The Morgan fingerprint density at radius 1 is 0.750 bits per heavy atom. The zero-order valence-corrected chi connectivity index (χ0v) is 25.2. The standard InChI is InChI=1S/C34H28N2O12/c1-47-27-12-16(3-9-25(27)39)11-22-29(31(41)35-23-7-5-18(37)14-20(23)33(43)44)30(17-4-10-26(40)28(13-17)48-2)36(32(22)42)24-8-6-19(38)15-21(24)34(45)46/h3-15,29-30,37-40H,1-2H3,(H,35,41)(H,43,44)(H,45,46)/b22-11-/t29-,30+/m1/s1. The number of nitrogens with one attached hydrogen (secondary N) is 1. The van der Waals surface area contributed by atoms with Gasteiger partial charge in [0.1, 0.15) is 11.5 Å². The van der Waals surface area contributed by atoms with Crippen molar-refractivity contribution >= 4 is 41.2 Å². The lowest BCUT2D eigenvalue weighted by molar-refractivity contribution is -0.119. The number of carboxylic acids is 2. The number of hydrogen-bond acceptors (Lipinski definition) is 10. The Morgan fingerprint density at radius 3 is 1.96 bits per heavy atom. The van der Waals surface area contributed by atoms with Crippen molar-refractivity contribution in [3.63, 3.8) is 0 Å². The first kappa shape index (κ1) is 32.7. The molecule has 1 aliphatic rings. The number of aromatic carboxylic acids is 2. The lowest BCUT2D eigenvalue weighted by Gasteiger charge is -2.29. The molecule has 1 fully saturated rings. The minimum atomic E-state index is -1.50. The Labute approximate surface area is 272 Å². The third-order valence-electron chi connectivity index (χ3n) is 7.71. The number of rotatable bonds is 9. The fraction of sp³-hybridized carbons (Fsp3) is 0.118. The zero-order chi connectivity index (χ0) is 34.9. The number of amides is 2. The van der Waals surface area contributed by atoms with Gasteiger partial charge in [0, 0.05) is 5.57 Å². The molecule has 14 heteroatoms. The van der Waals surface area contributed by atoms with Crippen molar-refractivity contribution in [3.8, 4) is 34.5 Å². The molecule has 5 rings (SSSR count). The summed E-state index contributed by atoms with van der Waals surface area (Å²) in [5.74, 6) is -7.43. The van der Waals surface area contributed by atoms with Crippen LogP contribution in [0.4, 0.5) is 11.4 Å². The van der Waals surface area contributed by atoms with Crippen LogP contribution in [0.25, 0.3) is 6.08 Å². The lowest BCUT2D eigenvalue weighted by Crippen LogP contribution is -2.33. The van der Waals surface area contributed by atoms with Gasteiger partial charge in [0.15, 0.2) is 23.0 Å². The van der Waals surface area contributed by atoms with Crippen molar-refractivity contribution in [1.29, 1.82) is 0 Å². The van der Waals surface area contributed by atoms with E-state index in [9.17, 15) is 49.8 Å². The normalized spacial score (nSPS) is 16.5. The van der Waals surface area contributed by atoms with Gasteiger partial charge in [-0.15, -0.1) is 0 Å². The van der Waals surface area contributed by atoms with Crippen LogP contribution in [0, 0.1) is 5.92 Å². The molecule has 0 bridgehead atoms. The number of aromatic hydroxyl groups is 4. The molecule has 7 N–H and O–H groups in total. The van der Waals surface area contributed by atoms with Crippen molar-refractivity contribution in [2.45, 2.75) is 6.04 Å². The van der Waals surface area contributed by atoms with Gasteiger partial charge in [-0.3, -0.25) is 14.5 Å². The Morgan fingerprint density at radius 2 is 1.33 bits per heavy atom. The van der Waals surface area contributed by atoms with Crippen LogP contribution in [-0.4, -0.2) is 68.6 Å². The Balaban J connectivity index is 1.80. The van der Waals surface area contributed by atoms with E-state index in [0.717, 1.165) is 23.1 Å². The van der Waals surface area contributed by atoms with Crippen molar-refractivity contribution in [1.82, 2.24) is 0 Å². The van der Waals surface area contributed by atoms with Crippen molar-refractivity contribution in [2.75, 3.05) is 24.4 Å². The molecule has 14 nitrogen and oxygen atoms in total. The van der Waals surface area contributed by atoms with E-state index in [4.69, 9.17) is 9.47 Å². The smallest absolute Gasteiger partial charge is 0.337 e. The summed E-state index contributed by atoms with van der Waals surface area (Å²) in [5, 5.41) is 62.8. The highest BCUT2D eigenvalue weighted by atomic mass is 16.5. The molecule has 1 heterocycles. The molecule has 2 amide bonds. The second-order valence-electron chi connectivity index (χ2n) is 10.6. The predicted molar refractivity (Wildman–Crippen MR) is 170 cm³/mol. The second kappa shape index (κ2) is 13.0. The number of nitrogens with zero attached hydrogens (tertiary/aromatic N) is 1. The van der Waals surface area contributed by atoms with Crippen LogP contribution in [0.1, 0.15) is 37.9 Å². The summed E-state index contributed by atoms with van der Waals surface area (Å²) in [4.78, 5) is 54.3. The molecule has 0 aromatic heterocycles. The molecule has 0 unspecified atom stereocenters. The summed E-state index contributed by atoms with van der Waals surface area (Å²) in [6, 6.07) is 13.4. The van der Waals surface area contributed by atoms with E-state index in [-0.39, 0.29) is 51.3 Å². The molecule has 48 heavy (non-hydrogen) atoms. The number of methoxy groups -OCH3 is 2. The van der Waals surface area contributed by atoms with Crippen LogP contribution in [-0.2, 0) is 9.59 Å². The van der Waals surface area contributed by atoms with Gasteiger partial charge in [-0.05, 0) is 77.9 Å². The van der Waals surface area contributed by atoms with Gasteiger partial charge in [-0.2, -0.15) is 0 Å². The third-order valence-corrected chi connectivity index (χ3v) is 7.71. The third kappa shape index (κ3) is 6.09. The highest BCUT2D eigenvalue weighted by Crippen LogP contribution is 2.48. The average Bonchev–Trinajstić information content (AvgIpc) is 3.33. The SMILES string of the molecule is COc1cc(/C=C2\C(=O)N(c3ccc(O)cc3C(=O)O)[C@@H](c3ccc(O)c(OC)c3)[C@@H]2C(=O)Nc2ccc(O)cc2C(=O)O)ccc1O. The van der Waals surface area contributed by atoms with Gasteiger partial charge in [0.2, 0.25) is 5.91 Å². The Bertz CT molecular complexity index is 2000. The van der Waals surface area contributed by atoms with Gasteiger partial charge in [-0.1, -0.05) is 12.1 Å². The van der Waals surface area contributed by atoms with E-state index in [2.05, 4.69) is 5.32 Å². The van der Waals surface area contributed by atoms with Crippen LogP contribution >= 0.6 is 0 Å². The van der Waals surface area contributed by atoms with Crippen LogP contribution in [0.3, 0.4) is 0 Å². The number of phenols is 4. The molecule has 4 aromatic carbocycles. The lowest BCUT2D eigenvalue weighted by atomic mass is 9.88. The number of carbonyl (C=O) groups excluding carboxylic acids is 2. The second-order valence-corrected chi connectivity index (χ2v) is 10.6. The number of carboxylic acid groups (broad SMARTS) is 2. The zero-order valence-electron chi connectivity index (χ0n) is 25.2. The van der Waals surface area contributed by atoms with E-state index in [1.165, 1.54) is 74.9 Å². The molecule has 1 saturated heterocycles. The summed E-state index contributed by atoms with van der Waals surface area (Å²) in [6.07, 6.45) is 1.34. The Hall–Kier alpha value is -6.70. The highest BCUT2D eigenvalue weighted by Gasteiger charge is 2.50. The topological polar surface area (TPSA) is 223 Å². The molecule has 0 aliphatic carbocycles. The molecule has 0 spiro atoms. The number of ether oxygens (including phenoxy) is 2. The van der Waals surface area contributed by atoms with E-state index < -0.39 is 52.6 Å². The molecular formula is C34H28N2O12. The monoisotopic (exact) mass is 656 g/mol. The predicted octanol–water partition coefficient (Wildman–Crippen LogP) is 4.35.